The number of nitrogens with zero attached hydrogens (tertiary/aromatic N) is 1. The fraction of sp³-hybridized carbons (Fsp3) is 0.303. The van der Waals surface area contributed by atoms with Gasteiger partial charge in [-0.1, -0.05) is 60.1 Å². The molecule has 0 radical (unpaired) electrons. The number of aliphatic hydroxyl groups is 1. The summed E-state index contributed by atoms with van der Waals surface area (Å²) >= 11 is 7.61. The number of nitrogens with one attached hydrogen (secondary N) is 1. The number of hydrogen-bond donors (Lipinski definition) is 3. The minimum absolute atomic E-state index is 0.0973. The first-order valence-corrected chi connectivity index (χ1v) is 15.1. The van der Waals surface area contributed by atoms with Crippen molar-refractivity contribution in [1.82, 2.24) is 10.3 Å². The topological polar surface area (TPSA) is 109 Å². The summed E-state index contributed by atoms with van der Waals surface area (Å²) in [5, 5.41) is 24.4. The van der Waals surface area contributed by atoms with E-state index in [1.165, 1.54) is 18.7 Å². The number of amides is 1. The minimum Gasteiger partial charge on any atom is -0.487 e. The second-order valence-electron chi connectivity index (χ2n) is 10.7. The molecular formula is C33H35ClN2O5S. The molecule has 4 rings (SSSR count). The van der Waals surface area contributed by atoms with Gasteiger partial charge in [0.15, 0.2) is 0 Å². The third-order valence-electron chi connectivity index (χ3n) is 6.82. The average molecular weight is 607 g/mol. The number of halogens is 1. The molecule has 0 spiro atoms. The smallest absolute Gasteiger partial charge is 0.327 e. The highest BCUT2D eigenvalue weighted by Gasteiger charge is 2.24. The van der Waals surface area contributed by atoms with E-state index in [0.717, 1.165) is 33.3 Å². The predicted octanol–water partition coefficient (Wildman–Crippen LogP) is 6.69. The van der Waals surface area contributed by atoms with Crippen molar-refractivity contribution in [2.24, 2.45) is 0 Å². The molecule has 1 amide bonds. The molecule has 4 aromatic rings. The SMILES string of the molecule is CC(=O)N[C@@H](CSC(CCc1ccccc1C(C)(C)O)c1cccc(OCc2ccc3ccc(Cl)cc3n2)c1)C(=O)O. The van der Waals surface area contributed by atoms with E-state index in [1.807, 2.05) is 78.9 Å². The van der Waals surface area contributed by atoms with Crippen LogP contribution in [0.2, 0.25) is 5.02 Å². The molecule has 220 valence electrons. The maximum absolute atomic E-state index is 11.8. The Morgan fingerprint density at radius 2 is 1.81 bits per heavy atom. The number of fused-ring (bicyclic) bond motifs is 1. The lowest BCUT2D eigenvalue weighted by molar-refractivity contribution is -0.140. The van der Waals surface area contributed by atoms with Crippen LogP contribution in [0.4, 0.5) is 0 Å². The Morgan fingerprint density at radius 1 is 1.05 bits per heavy atom. The summed E-state index contributed by atoms with van der Waals surface area (Å²) < 4.78 is 6.12. The van der Waals surface area contributed by atoms with E-state index < -0.39 is 23.5 Å². The standard InChI is InChI=1S/C33H35ClN2O5S/c1-21(37)35-30(32(38)39)20-42-31(16-13-22-7-4-5-10-28(22)33(2,3)40)24-8-6-9-27(17-24)41-19-26-15-12-23-11-14-25(34)18-29(23)36-26/h4-12,14-15,17-18,30-31,40H,13,16,19-20H2,1-3H3,(H,35,37)(H,38,39)/t30-,31?/m0/s1. The minimum atomic E-state index is -1.08. The Kier molecular flexibility index (Phi) is 10.5. The summed E-state index contributed by atoms with van der Waals surface area (Å²) in [6.07, 6.45) is 1.35. The first-order chi connectivity index (χ1) is 20.0. The maximum Gasteiger partial charge on any atom is 0.327 e. The van der Waals surface area contributed by atoms with Crippen molar-refractivity contribution >= 4 is 46.1 Å². The van der Waals surface area contributed by atoms with Crippen LogP contribution < -0.4 is 10.1 Å². The van der Waals surface area contributed by atoms with Crippen LogP contribution in [0.1, 0.15) is 54.8 Å². The molecule has 0 aliphatic carbocycles. The van der Waals surface area contributed by atoms with E-state index in [9.17, 15) is 19.8 Å². The van der Waals surface area contributed by atoms with Crippen molar-refractivity contribution in [1.29, 1.82) is 0 Å². The van der Waals surface area contributed by atoms with Gasteiger partial charge in [0.1, 0.15) is 18.4 Å². The Bertz CT molecular complexity index is 1560. The van der Waals surface area contributed by atoms with Gasteiger partial charge in [-0.15, -0.1) is 0 Å². The largest absolute Gasteiger partial charge is 0.487 e. The van der Waals surface area contributed by atoms with E-state index >= 15 is 0 Å². The van der Waals surface area contributed by atoms with E-state index in [2.05, 4.69) is 10.3 Å². The lowest BCUT2D eigenvalue weighted by Crippen LogP contribution is -2.41. The number of ether oxygens (including phenoxy) is 1. The van der Waals surface area contributed by atoms with E-state index in [-0.39, 0.29) is 17.6 Å². The van der Waals surface area contributed by atoms with Gasteiger partial charge in [-0.05, 0) is 73.7 Å². The zero-order valence-electron chi connectivity index (χ0n) is 23.8. The number of hydrogen-bond acceptors (Lipinski definition) is 6. The van der Waals surface area contributed by atoms with Crippen molar-refractivity contribution in [2.45, 2.75) is 57.1 Å². The van der Waals surface area contributed by atoms with Crippen LogP contribution in [0, 0.1) is 0 Å². The number of carboxylic acids is 1. The molecule has 0 fully saturated rings. The highest BCUT2D eigenvalue weighted by atomic mass is 35.5. The van der Waals surface area contributed by atoms with Gasteiger partial charge < -0.3 is 20.3 Å². The summed E-state index contributed by atoms with van der Waals surface area (Å²) in [4.78, 5) is 28.1. The Balaban J connectivity index is 1.54. The fourth-order valence-corrected chi connectivity index (χ4v) is 6.22. The van der Waals surface area contributed by atoms with Crippen LogP contribution in [0.3, 0.4) is 0 Å². The lowest BCUT2D eigenvalue weighted by Gasteiger charge is -2.24. The van der Waals surface area contributed by atoms with Crippen LogP contribution in [0.5, 0.6) is 5.75 Å². The third kappa shape index (κ3) is 8.71. The van der Waals surface area contributed by atoms with Crippen LogP contribution >= 0.6 is 23.4 Å². The van der Waals surface area contributed by atoms with Gasteiger partial charge in [-0.3, -0.25) is 4.79 Å². The molecule has 0 saturated heterocycles. The summed E-state index contributed by atoms with van der Waals surface area (Å²) in [5.41, 5.74) is 3.44. The quantitative estimate of drug-likeness (QED) is 0.156. The summed E-state index contributed by atoms with van der Waals surface area (Å²) in [6.45, 7) is 5.11. The third-order valence-corrected chi connectivity index (χ3v) is 8.49. The summed E-state index contributed by atoms with van der Waals surface area (Å²) in [7, 11) is 0. The molecule has 0 saturated carbocycles. The number of thioether (sulfide) groups is 1. The normalized spacial score (nSPS) is 13.0. The van der Waals surface area contributed by atoms with E-state index in [0.29, 0.717) is 23.6 Å². The van der Waals surface area contributed by atoms with Crippen LogP contribution in [-0.4, -0.2) is 38.9 Å². The number of benzene rings is 3. The zero-order valence-corrected chi connectivity index (χ0v) is 25.4. The summed E-state index contributed by atoms with van der Waals surface area (Å²) in [6, 6.07) is 24.0. The van der Waals surface area contributed by atoms with E-state index in [4.69, 9.17) is 16.3 Å². The van der Waals surface area contributed by atoms with Gasteiger partial charge in [0.05, 0.1) is 16.8 Å². The molecule has 3 aromatic carbocycles. The second kappa shape index (κ2) is 14.1. The molecule has 1 unspecified atom stereocenters. The van der Waals surface area contributed by atoms with Crippen molar-refractivity contribution in [3.8, 4) is 5.75 Å². The highest BCUT2D eigenvalue weighted by molar-refractivity contribution is 7.99. The zero-order chi connectivity index (χ0) is 30.3. The first-order valence-electron chi connectivity index (χ1n) is 13.7. The number of carbonyl (C=O) groups excluding carboxylic acids is 1. The number of rotatable bonds is 13. The van der Waals surface area contributed by atoms with Gasteiger partial charge in [-0.2, -0.15) is 11.8 Å². The second-order valence-corrected chi connectivity index (χ2v) is 12.3. The molecule has 3 N–H and O–H groups in total. The molecule has 42 heavy (non-hydrogen) atoms. The van der Waals surface area contributed by atoms with Crippen LogP contribution in [-0.2, 0) is 28.2 Å². The Hall–Kier alpha value is -3.59. The first kappa shape index (κ1) is 31.3. The van der Waals surface area contributed by atoms with Crippen LogP contribution in [0.25, 0.3) is 10.9 Å². The molecule has 0 aliphatic rings. The Morgan fingerprint density at radius 3 is 2.55 bits per heavy atom. The number of carbonyl (C=O) groups is 2. The van der Waals surface area contributed by atoms with Crippen molar-refractivity contribution in [3.05, 3.63) is 106 Å². The highest BCUT2D eigenvalue weighted by Crippen LogP contribution is 2.37. The molecular weight excluding hydrogens is 572 g/mol. The van der Waals surface area contributed by atoms with Gasteiger partial charge in [0.2, 0.25) is 5.91 Å². The molecule has 1 heterocycles. The van der Waals surface area contributed by atoms with Crippen molar-refractivity contribution < 1.29 is 24.5 Å². The number of aryl methyl sites for hydroxylation is 1. The van der Waals surface area contributed by atoms with Crippen molar-refractivity contribution in [3.63, 3.8) is 0 Å². The fourth-order valence-electron chi connectivity index (χ4n) is 4.78. The summed E-state index contributed by atoms with van der Waals surface area (Å²) in [5.74, 6) is -0.607. The van der Waals surface area contributed by atoms with Crippen LogP contribution in [0.15, 0.2) is 78.9 Å². The van der Waals surface area contributed by atoms with E-state index in [1.54, 1.807) is 13.8 Å². The number of carboxylic acid groups (broad SMARTS) is 1. The molecule has 0 bridgehead atoms. The van der Waals surface area contributed by atoms with Gasteiger partial charge in [0, 0.05) is 28.3 Å². The monoisotopic (exact) mass is 606 g/mol. The Labute approximate surface area is 255 Å². The van der Waals surface area contributed by atoms with Gasteiger partial charge >= 0.3 is 5.97 Å². The number of aromatic nitrogens is 1. The van der Waals surface area contributed by atoms with Gasteiger partial charge in [0.25, 0.3) is 0 Å². The predicted molar refractivity (Wildman–Crippen MR) is 168 cm³/mol. The molecule has 9 heteroatoms. The van der Waals surface area contributed by atoms with Gasteiger partial charge in [-0.25, -0.2) is 9.78 Å². The van der Waals surface area contributed by atoms with Crippen molar-refractivity contribution in [2.75, 3.05) is 5.75 Å². The molecule has 1 aromatic heterocycles. The molecule has 0 aliphatic heterocycles. The molecule has 2 atom stereocenters. The number of pyridine rings is 1. The number of aliphatic carboxylic acids is 1. The maximum atomic E-state index is 11.8. The lowest BCUT2D eigenvalue weighted by atomic mass is 9.90. The molecule has 7 nitrogen and oxygen atoms in total. The average Bonchev–Trinajstić information content (AvgIpc) is 2.94.